The third kappa shape index (κ3) is 4.81. The summed E-state index contributed by atoms with van der Waals surface area (Å²) in [6.45, 7) is -0.477. The van der Waals surface area contributed by atoms with E-state index < -0.39 is 36.8 Å². The second-order valence-corrected chi connectivity index (χ2v) is 9.70. The highest BCUT2D eigenvalue weighted by molar-refractivity contribution is 5.85. The number of likely N-dealkylation sites (tertiary alicyclic amines) is 1. The number of aromatic nitrogens is 1. The molecule has 10 heteroatoms. The van der Waals surface area contributed by atoms with Crippen LogP contribution < -0.4 is 5.32 Å². The minimum Gasteiger partial charge on any atom is -0.390 e. The molecule has 0 radical (unpaired) electrons. The Labute approximate surface area is 205 Å². The number of fused-ring (bicyclic) bond motifs is 3. The third-order valence-electron chi connectivity index (χ3n) is 7.09. The van der Waals surface area contributed by atoms with Crippen molar-refractivity contribution in [2.45, 2.75) is 30.8 Å². The van der Waals surface area contributed by atoms with Crippen LogP contribution >= 0.6 is 0 Å². The van der Waals surface area contributed by atoms with Gasteiger partial charge in [-0.3, -0.25) is 14.2 Å². The van der Waals surface area contributed by atoms with Gasteiger partial charge in [0.15, 0.2) is 0 Å². The fourth-order valence-electron chi connectivity index (χ4n) is 5.43. The molecule has 36 heavy (non-hydrogen) atoms. The first-order valence-corrected chi connectivity index (χ1v) is 12.2. The number of alkyl halides is 3. The highest BCUT2D eigenvalue weighted by Gasteiger charge is 2.41. The molecule has 2 aliphatic heterocycles. The van der Waals surface area contributed by atoms with Gasteiger partial charge in [0.05, 0.1) is 25.3 Å². The number of halogens is 5. The Morgan fingerprint density at radius 3 is 2.53 bits per heavy atom. The average molecular weight is 509 g/mol. The molecule has 3 heterocycles. The Balaban J connectivity index is 1.47. The van der Waals surface area contributed by atoms with E-state index in [0.29, 0.717) is 38.2 Å². The van der Waals surface area contributed by atoms with E-state index in [9.17, 15) is 13.2 Å². The number of anilines is 1. The minimum absolute atomic E-state index is 0.0102. The fraction of sp³-hybridized carbons (Fsp3) is 0.462. The Morgan fingerprint density at radius 2 is 1.83 bits per heavy atom. The number of aliphatic hydroxyl groups is 1. The number of aromatic amines is 1. The van der Waals surface area contributed by atoms with Crippen molar-refractivity contribution in [3.8, 4) is 0 Å². The first-order chi connectivity index (χ1) is 17.3. The number of rotatable bonds is 9. The van der Waals surface area contributed by atoms with Crippen molar-refractivity contribution in [1.29, 1.82) is 0 Å². The lowest BCUT2D eigenvalue weighted by molar-refractivity contribution is -0.0791. The van der Waals surface area contributed by atoms with Crippen LogP contribution in [0, 0.1) is 11.6 Å². The van der Waals surface area contributed by atoms with E-state index in [1.807, 2.05) is 24.3 Å². The minimum atomic E-state index is -3.42. The van der Waals surface area contributed by atoms with Crippen molar-refractivity contribution in [1.82, 2.24) is 14.8 Å². The second-order valence-electron chi connectivity index (χ2n) is 9.70. The van der Waals surface area contributed by atoms with Crippen LogP contribution in [0.1, 0.15) is 29.3 Å². The molecule has 3 N–H and O–H groups in total. The lowest BCUT2D eigenvalue weighted by atomic mass is 9.91. The van der Waals surface area contributed by atoms with Crippen LogP contribution in [0.4, 0.5) is 27.6 Å². The zero-order valence-electron chi connectivity index (χ0n) is 19.7. The van der Waals surface area contributed by atoms with Crippen molar-refractivity contribution in [2.24, 2.45) is 0 Å². The molecule has 1 atom stereocenters. The van der Waals surface area contributed by atoms with Crippen LogP contribution in [0.3, 0.4) is 0 Å². The maximum atomic E-state index is 15.5. The monoisotopic (exact) mass is 508 g/mol. The molecular weight excluding hydrogens is 479 g/mol. The zero-order valence-corrected chi connectivity index (χ0v) is 19.7. The van der Waals surface area contributed by atoms with Crippen molar-refractivity contribution >= 4 is 16.6 Å². The van der Waals surface area contributed by atoms with Gasteiger partial charge in [0, 0.05) is 54.0 Å². The Kier molecular flexibility index (Phi) is 6.93. The summed E-state index contributed by atoms with van der Waals surface area (Å²) in [6, 6.07) is 8.71. The summed E-state index contributed by atoms with van der Waals surface area (Å²) in [5, 5.41) is 13.2. The van der Waals surface area contributed by atoms with E-state index in [1.54, 1.807) is 0 Å². The van der Waals surface area contributed by atoms with Gasteiger partial charge in [-0.1, -0.05) is 18.2 Å². The summed E-state index contributed by atoms with van der Waals surface area (Å²) < 4.78 is 71.9. The number of hydrogen-bond donors (Lipinski definition) is 3. The summed E-state index contributed by atoms with van der Waals surface area (Å²) in [4.78, 5) is 6.59. The van der Waals surface area contributed by atoms with Crippen LogP contribution in [0.2, 0.25) is 0 Å². The number of H-pyrrole nitrogens is 1. The molecule has 0 aliphatic carbocycles. The van der Waals surface area contributed by atoms with E-state index in [4.69, 9.17) is 5.11 Å². The van der Waals surface area contributed by atoms with E-state index in [0.717, 1.165) is 16.5 Å². The lowest BCUT2D eigenvalue weighted by Gasteiger charge is -2.40. The summed E-state index contributed by atoms with van der Waals surface area (Å²) in [5.74, 6) is -5.09. The Morgan fingerprint density at radius 1 is 1.11 bits per heavy atom. The van der Waals surface area contributed by atoms with E-state index in [2.05, 4.69) is 15.2 Å². The maximum Gasteiger partial charge on any atom is 0.283 e. The molecule has 1 aromatic heterocycles. The van der Waals surface area contributed by atoms with Crippen molar-refractivity contribution in [3.05, 3.63) is 64.9 Å². The molecular formula is C26H29F5N4O. The molecule has 2 aliphatic rings. The van der Waals surface area contributed by atoms with Gasteiger partial charge in [0.2, 0.25) is 0 Å². The molecule has 194 valence electrons. The smallest absolute Gasteiger partial charge is 0.283 e. The number of benzene rings is 2. The van der Waals surface area contributed by atoms with Crippen molar-refractivity contribution in [2.75, 3.05) is 51.3 Å². The largest absolute Gasteiger partial charge is 0.390 e. The molecule has 0 saturated carbocycles. The van der Waals surface area contributed by atoms with E-state index in [-0.39, 0.29) is 30.5 Å². The maximum absolute atomic E-state index is 15.5. The SMILES string of the molecule is OCC(F)(F)CN1CCc2c([nH]c3ccccc23)C1c1c(F)cc(NC2CN(CCCF)C2)cc1F. The van der Waals surface area contributed by atoms with Gasteiger partial charge in [-0.15, -0.1) is 0 Å². The van der Waals surface area contributed by atoms with Crippen LogP contribution in [0.15, 0.2) is 36.4 Å². The van der Waals surface area contributed by atoms with Gasteiger partial charge >= 0.3 is 0 Å². The number of para-hydroxylation sites is 1. The van der Waals surface area contributed by atoms with Gasteiger partial charge in [0.25, 0.3) is 5.92 Å². The van der Waals surface area contributed by atoms with E-state index >= 15 is 8.78 Å². The van der Waals surface area contributed by atoms with Gasteiger partial charge in [0.1, 0.15) is 18.2 Å². The molecule has 5 nitrogen and oxygen atoms in total. The Bertz CT molecular complexity index is 1200. The topological polar surface area (TPSA) is 54.5 Å². The van der Waals surface area contributed by atoms with Crippen LogP contribution in [-0.4, -0.2) is 77.9 Å². The third-order valence-corrected chi connectivity index (χ3v) is 7.09. The average Bonchev–Trinajstić information content (AvgIpc) is 3.19. The molecule has 3 aromatic rings. The molecule has 2 aromatic carbocycles. The lowest BCUT2D eigenvalue weighted by Crippen LogP contribution is -2.54. The highest BCUT2D eigenvalue weighted by Crippen LogP contribution is 2.41. The number of nitrogens with one attached hydrogen (secondary N) is 2. The number of nitrogens with zero attached hydrogens (tertiary/aromatic N) is 2. The normalized spacial score (nSPS) is 19.4. The van der Waals surface area contributed by atoms with Crippen LogP contribution in [-0.2, 0) is 6.42 Å². The zero-order chi connectivity index (χ0) is 25.4. The molecule has 1 unspecified atom stereocenters. The number of aliphatic hydroxyl groups excluding tert-OH is 1. The predicted octanol–water partition coefficient (Wildman–Crippen LogP) is 4.48. The van der Waals surface area contributed by atoms with Crippen molar-refractivity contribution < 1.29 is 27.1 Å². The van der Waals surface area contributed by atoms with Crippen molar-refractivity contribution in [3.63, 3.8) is 0 Å². The molecule has 5 rings (SSSR count). The first-order valence-electron chi connectivity index (χ1n) is 12.2. The number of hydrogen-bond acceptors (Lipinski definition) is 4. The van der Waals surface area contributed by atoms with Gasteiger partial charge in [-0.05, 0) is 36.6 Å². The predicted molar refractivity (Wildman–Crippen MR) is 128 cm³/mol. The fourth-order valence-corrected chi connectivity index (χ4v) is 5.43. The molecule has 1 fully saturated rings. The van der Waals surface area contributed by atoms with Gasteiger partial charge in [-0.25, -0.2) is 17.6 Å². The summed E-state index contributed by atoms with van der Waals surface area (Å²) >= 11 is 0. The first kappa shape index (κ1) is 25.0. The molecule has 1 saturated heterocycles. The van der Waals surface area contributed by atoms with Crippen LogP contribution in [0.5, 0.6) is 0 Å². The molecule has 0 amide bonds. The quantitative estimate of drug-likeness (QED) is 0.373. The van der Waals surface area contributed by atoms with Crippen LogP contribution in [0.25, 0.3) is 10.9 Å². The molecule has 0 spiro atoms. The molecule has 0 bridgehead atoms. The summed E-state index contributed by atoms with van der Waals surface area (Å²) in [6.07, 6.45) is 0.883. The van der Waals surface area contributed by atoms with Gasteiger partial charge < -0.3 is 15.4 Å². The van der Waals surface area contributed by atoms with Gasteiger partial charge in [-0.2, -0.15) is 0 Å². The highest BCUT2D eigenvalue weighted by atomic mass is 19.3. The summed E-state index contributed by atoms with van der Waals surface area (Å²) in [7, 11) is 0. The Hall–Kier alpha value is -2.69. The second kappa shape index (κ2) is 9.99. The summed E-state index contributed by atoms with van der Waals surface area (Å²) in [5.41, 5.74) is 2.06. The van der Waals surface area contributed by atoms with E-state index in [1.165, 1.54) is 17.0 Å². The standard InChI is InChI=1S/C26H29F5N4O/c27-7-3-8-34-12-17(13-34)32-16-10-20(28)23(21(29)11-16)25-24-19(18-4-1-2-5-22(18)33-24)6-9-35(25)14-26(30,31)15-36/h1-2,4-5,10-11,17,25,32-33,36H,3,6-9,12-15H2.